The fraction of sp³-hybridized carbons (Fsp3) is 0.156. The monoisotopic (exact) mass is 564 g/mol. The molecule has 42 heavy (non-hydrogen) atoms. The lowest BCUT2D eigenvalue weighted by Crippen LogP contribution is -2.41. The Morgan fingerprint density at radius 2 is 1.40 bits per heavy atom. The van der Waals surface area contributed by atoms with Gasteiger partial charge in [-0.3, -0.25) is 20.2 Å². The van der Waals surface area contributed by atoms with Gasteiger partial charge < -0.3 is 15.0 Å². The van der Waals surface area contributed by atoms with Crippen molar-refractivity contribution in [2.45, 2.75) is 25.4 Å². The number of hydrogen-bond donors (Lipinski definition) is 1. The Bertz CT molecular complexity index is 1640. The predicted octanol–water partition coefficient (Wildman–Crippen LogP) is 7.13. The largest absolute Gasteiger partial charge is 0.463 e. The van der Waals surface area contributed by atoms with E-state index in [2.05, 4.69) is 5.32 Å². The van der Waals surface area contributed by atoms with Crippen LogP contribution in [0.15, 0.2) is 120 Å². The van der Waals surface area contributed by atoms with Gasteiger partial charge in [-0.15, -0.1) is 0 Å². The van der Waals surface area contributed by atoms with Crippen LogP contribution in [0.3, 0.4) is 0 Å². The topological polar surface area (TPSA) is 128 Å². The van der Waals surface area contributed by atoms with Crippen LogP contribution < -0.4 is 10.2 Å². The molecule has 4 aromatic carbocycles. The summed E-state index contributed by atoms with van der Waals surface area (Å²) in [4.78, 5) is 38.4. The highest BCUT2D eigenvalue weighted by Gasteiger charge is 2.42. The van der Waals surface area contributed by atoms with Gasteiger partial charge in [0.2, 0.25) is 0 Å². The Kier molecular flexibility index (Phi) is 8.24. The van der Waals surface area contributed by atoms with Crippen molar-refractivity contribution in [3.05, 3.63) is 152 Å². The zero-order chi connectivity index (χ0) is 29.6. The van der Waals surface area contributed by atoms with Crippen LogP contribution in [-0.4, -0.2) is 22.4 Å². The summed E-state index contributed by atoms with van der Waals surface area (Å²) in [5.41, 5.74) is 3.27. The van der Waals surface area contributed by atoms with Crippen molar-refractivity contribution >= 4 is 28.7 Å². The van der Waals surface area contributed by atoms with Crippen molar-refractivity contribution in [2.75, 3.05) is 16.8 Å². The quantitative estimate of drug-likeness (QED) is 0.129. The standard InChI is InChI=1S/C32H28N4O6/c1-2-42-32(37)30-28(33-24-13-5-3-6-14-24)21-29(22-11-9-17-26(19-22)35(38)39)34(25-15-7-4-8-16-25)31(30)23-12-10-18-27(20-23)36(40)41/h3-20,29,31,33H,2,21H2,1H3. The molecule has 0 fully saturated rings. The average Bonchev–Trinajstić information content (AvgIpc) is 3.01. The van der Waals surface area contributed by atoms with E-state index in [0.29, 0.717) is 22.4 Å². The van der Waals surface area contributed by atoms with E-state index in [4.69, 9.17) is 4.74 Å². The van der Waals surface area contributed by atoms with Gasteiger partial charge in [-0.05, 0) is 42.3 Å². The molecule has 1 aliphatic heterocycles. The maximum Gasteiger partial charge on any atom is 0.338 e. The van der Waals surface area contributed by atoms with Crippen molar-refractivity contribution in [3.63, 3.8) is 0 Å². The number of nitro benzene ring substituents is 2. The van der Waals surface area contributed by atoms with Crippen LogP contribution >= 0.6 is 0 Å². The van der Waals surface area contributed by atoms with Gasteiger partial charge in [-0.2, -0.15) is 0 Å². The third-order valence-corrected chi connectivity index (χ3v) is 7.09. The van der Waals surface area contributed by atoms with Gasteiger partial charge in [0, 0.05) is 47.8 Å². The summed E-state index contributed by atoms with van der Waals surface area (Å²) < 4.78 is 5.57. The van der Waals surface area contributed by atoms with Crippen LogP contribution in [-0.2, 0) is 9.53 Å². The molecule has 2 atom stereocenters. The number of ether oxygens (including phenoxy) is 1. The first-order valence-corrected chi connectivity index (χ1v) is 13.4. The summed E-state index contributed by atoms with van der Waals surface area (Å²) in [5, 5.41) is 26.9. The van der Waals surface area contributed by atoms with Crippen LogP contribution in [0.25, 0.3) is 0 Å². The lowest BCUT2D eigenvalue weighted by Gasteiger charge is -2.45. The summed E-state index contributed by atoms with van der Waals surface area (Å²) in [7, 11) is 0. The van der Waals surface area contributed by atoms with Crippen LogP contribution in [0.4, 0.5) is 22.7 Å². The Hall–Kier alpha value is -5.51. The number of carbonyl (C=O) groups excluding carboxylic acids is 1. The lowest BCUT2D eigenvalue weighted by molar-refractivity contribution is -0.385. The van der Waals surface area contributed by atoms with Crippen molar-refractivity contribution < 1.29 is 19.4 Å². The van der Waals surface area contributed by atoms with Gasteiger partial charge in [0.05, 0.1) is 34.1 Å². The van der Waals surface area contributed by atoms with Crippen molar-refractivity contribution in [3.8, 4) is 0 Å². The SMILES string of the molecule is CCOC(=O)C1=C(Nc2ccccc2)CC(c2cccc([N+](=O)[O-])c2)N(c2ccccc2)C1c1cccc([N+](=O)[O-])c1. The number of nitrogens with one attached hydrogen (secondary N) is 1. The number of benzene rings is 4. The maximum atomic E-state index is 13.8. The van der Waals surface area contributed by atoms with Crippen LogP contribution in [0.5, 0.6) is 0 Å². The minimum absolute atomic E-state index is 0.0647. The molecule has 0 spiro atoms. The average molecular weight is 565 g/mol. The molecule has 1 N–H and O–H groups in total. The highest BCUT2D eigenvalue weighted by atomic mass is 16.6. The molecule has 10 heteroatoms. The van der Waals surface area contributed by atoms with E-state index in [-0.39, 0.29) is 24.4 Å². The summed E-state index contributed by atoms with van der Waals surface area (Å²) in [6.07, 6.45) is 0.268. The molecule has 1 heterocycles. The first kappa shape index (κ1) is 28.0. The molecule has 0 saturated heterocycles. The number of rotatable bonds is 9. The smallest absolute Gasteiger partial charge is 0.338 e. The van der Waals surface area contributed by atoms with Crippen molar-refractivity contribution in [1.82, 2.24) is 0 Å². The minimum Gasteiger partial charge on any atom is -0.463 e. The van der Waals surface area contributed by atoms with Gasteiger partial charge in [-0.25, -0.2) is 4.79 Å². The van der Waals surface area contributed by atoms with E-state index in [0.717, 1.165) is 11.4 Å². The van der Waals surface area contributed by atoms with Gasteiger partial charge in [-0.1, -0.05) is 60.7 Å². The number of nitrogens with zero attached hydrogens (tertiary/aromatic N) is 3. The van der Waals surface area contributed by atoms with Gasteiger partial charge >= 0.3 is 5.97 Å². The second kappa shape index (κ2) is 12.3. The van der Waals surface area contributed by atoms with E-state index < -0.39 is 27.9 Å². The Morgan fingerprint density at radius 1 is 0.833 bits per heavy atom. The fourth-order valence-corrected chi connectivity index (χ4v) is 5.33. The molecule has 212 valence electrons. The molecule has 5 rings (SSSR count). The number of anilines is 2. The van der Waals surface area contributed by atoms with Gasteiger partial charge in [0.25, 0.3) is 11.4 Å². The molecular formula is C32H28N4O6. The van der Waals surface area contributed by atoms with Crippen LogP contribution in [0.2, 0.25) is 0 Å². The minimum atomic E-state index is -0.837. The number of para-hydroxylation sites is 2. The Labute approximate surface area is 242 Å². The molecule has 0 amide bonds. The zero-order valence-electron chi connectivity index (χ0n) is 22.8. The number of non-ortho nitro benzene ring substituents is 2. The zero-order valence-corrected chi connectivity index (χ0v) is 22.8. The molecular weight excluding hydrogens is 536 g/mol. The highest BCUT2D eigenvalue weighted by Crippen LogP contribution is 2.48. The third-order valence-electron chi connectivity index (χ3n) is 7.09. The first-order valence-electron chi connectivity index (χ1n) is 13.4. The molecule has 10 nitrogen and oxygen atoms in total. The van der Waals surface area contributed by atoms with Gasteiger partial charge in [0.15, 0.2) is 0 Å². The summed E-state index contributed by atoms with van der Waals surface area (Å²) in [5.74, 6) is -0.564. The highest BCUT2D eigenvalue weighted by molar-refractivity contribution is 5.93. The second-order valence-electron chi connectivity index (χ2n) is 9.67. The van der Waals surface area contributed by atoms with E-state index >= 15 is 0 Å². The molecule has 0 aliphatic carbocycles. The van der Waals surface area contributed by atoms with E-state index in [9.17, 15) is 25.0 Å². The maximum absolute atomic E-state index is 13.8. The van der Waals surface area contributed by atoms with Crippen molar-refractivity contribution in [1.29, 1.82) is 0 Å². The normalized spacial score (nSPS) is 16.5. The van der Waals surface area contributed by atoms with E-state index in [1.807, 2.05) is 71.6 Å². The second-order valence-corrected chi connectivity index (χ2v) is 9.67. The summed E-state index contributed by atoms with van der Waals surface area (Å²) in [6, 6.07) is 29.9. The molecule has 0 bridgehead atoms. The fourth-order valence-electron chi connectivity index (χ4n) is 5.33. The van der Waals surface area contributed by atoms with Gasteiger partial charge in [0.1, 0.15) is 0 Å². The number of hydrogen-bond acceptors (Lipinski definition) is 8. The number of nitro groups is 2. The van der Waals surface area contributed by atoms with Crippen molar-refractivity contribution in [2.24, 2.45) is 0 Å². The first-order chi connectivity index (χ1) is 20.4. The third kappa shape index (κ3) is 5.83. The summed E-state index contributed by atoms with van der Waals surface area (Å²) >= 11 is 0. The van der Waals surface area contributed by atoms with Crippen LogP contribution in [0, 0.1) is 20.2 Å². The Morgan fingerprint density at radius 3 is 2.00 bits per heavy atom. The van der Waals surface area contributed by atoms with Crippen LogP contribution in [0.1, 0.15) is 36.6 Å². The molecule has 0 saturated carbocycles. The predicted molar refractivity (Wildman–Crippen MR) is 159 cm³/mol. The molecule has 0 aromatic heterocycles. The number of carbonyl (C=O) groups is 1. The number of esters is 1. The molecule has 4 aromatic rings. The molecule has 1 aliphatic rings. The summed E-state index contributed by atoms with van der Waals surface area (Å²) in [6.45, 7) is 1.84. The van der Waals surface area contributed by atoms with E-state index in [1.54, 1.807) is 25.1 Å². The molecule has 0 radical (unpaired) electrons. The lowest BCUT2D eigenvalue weighted by atomic mass is 9.84. The molecule has 2 unspecified atom stereocenters. The van der Waals surface area contributed by atoms with E-state index in [1.165, 1.54) is 24.3 Å². The Balaban J connectivity index is 1.81.